The zero-order valence-electron chi connectivity index (χ0n) is 15.9. The summed E-state index contributed by atoms with van der Waals surface area (Å²) >= 11 is 0. The quantitative estimate of drug-likeness (QED) is 0.706. The molecule has 1 saturated carbocycles. The molecule has 3 N–H and O–H groups in total. The maximum Gasteiger partial charge on any atom is 0.348 e. The number of carbonyl (C=O) groups is 1. The molecule has 2 atom stereocenters. The van der Waals surface area contributed by atoms with Gasteiger partial charge in [-0.2, -0.15) is 4.98 Å². The molecular weight excluding hydrogens is 330 g/mol. The zero-order chi connectivity index (χ0) is 18.7. The summed E-state index contributed by atoms with van der Waals surface area (Å²) in [4.78, 5) is 30.8. The largest absolute Gasteiger partial charge is 0.354 e. The van der Waals surface area contributed by atoms with Crippen LogP contribution in [-0.2, 0) is 11.3 Å². The highest BCUT2D eigenvalue weighted by Crippen LogP contribution is 2.35. The van der Waals surface area contributed by atoms with Crippen molar-refractivity contribution in [3.05, 3.63) is 27.9 Å². The number of nitrogens with one attached hydrogen (secondary N) is 1. The van der Waals surface area contributed by atoms with Crippen LogP contribution in [-0.4, -0.2) is 52.1 Å². The van der Waals surface area contributed by atoms with Crippen LogP contribution in [0.1, 0.15) is 43.5 Å². The highest BCUT2D eigenvalue weighted by molar-refractivity contribution is 5.76. The van der Waals surface area contributed by atoms with Gasteiger partial charge in [-0.1, -0.05) is 0 Å². The summed E-state index contributed by atoms with van der Waals surface area (Å²) in [5.41, 5.74) is 7.25. The molecule has 2 heterocycles. The van der Waals surface area contributed by atoms with Gasteiger partial charge in [0.2, 0.25) is 5.91 Å². The van der Waals surface area contributed by atoms with E-state index in [0.717, 1.165) is 36.7 Å². The molecule has 2 aliphatic rings. The number of rotatable bonds is 8. The number of likely N-dealkylation sites (tertiary alicyclic amines) is 1. The SMILES string of the molecule is Cc1cc(C)n(CCNC(=O)C[C@@H]2CC[C@H](CN)N2CC2CC2)c(=O)n1. The molecule has 1 saturated heterocycles. The summed E-state index contributed by atoms with van der Waals surface area (Å²) in [7, 11) is 0. The lowest BCUT2D eigenvalue weighted by atomic mass is 10.1. The van der Waals surface area contributed by atoms with Gasteiger partial charge in [0.1, 0.15) is 0 Å². The third-order valence-corrected chi connectivity index (χ3v) is 5.63. The van der Waals surface area contributed by atoms with Crippen molar-refractivity contribution < 1.29 is 4.79 Å². The van der Waals surface area contributed by atoms with E-state index in [2.05, 4.69) is 15.2 Å². The lowest BCUT2D eigenvalue weighted by Crippen LogP contribution is -2.43. The molecule has 1 aliphatic heterocycles. The molecule has 0 aromatic carbocycles. The fourth-order valence-corrected chi connectivity index (χ4v) is 4.02. The minimum Gasteiger partial charge on any atom is -0.354 e. The predicted octanol–water partition coefficient (Wildman–Crippen LogP) is 0.568. The Bertz CT molecular complexity index is 698. The van der Waals surface area contributed by atoms with Crippen LogP contribution < -0.4 is 16.7 Å². The van der Waals surface area contributed by atoms with Crippen molar-refractivity contribution in [2.75, 3.05) is 19.6 Å². The molecule has 7 heteroatoms. The van der Waals surface area contributed by atoms with Crippen molar-refractivity contribution in [2.45, 2.75) is 64.6 Å². The average Bonchev–Trinajstić information content (AvgIpc) is 3.32. The normalized spacial score (nSPS) is 23.3. The van der Waals surface area contributed by atoms with Crippen LogP contribution in [0.4, 0.5) is 0 Å². The second-order valence-corrected chi connectivity index (χ2v) is 7.79. The number of amides is 1. The van der Waals surface area contributed by atoms with Gasteiger partial charge in [0, 0.05) is 56.1 Å². The number of nitrogens with two attached hydrogens (primary N) is 1. The van der Waals surface area contributed by atoms with E-state index in [1.807, 2.05) is 19.9 Å². The first-order chi connectivity index (χ1) is 12.5. The minimum atomic E-state index is -0.256. The Kier molecular flexibility index (Phi) is 6.09. The number of nitrogens with zero attached hydrogens (tertiary/aromatic N) is 3. The third-order valence-electron chi connectivity index (χ3n) is 5.63. The first kappa shape index (κ1) is 19.0. The van der Waals surface area contributed by atoms with Gasteiger partial charge in [-0.15, -0.1) is 0 Å². The van der Waals surface area contributed by atoms with E-state index in [4.69, 9.17) is 5.73 Å². The Morgan fingerprint density at radius 2 is 2.00 bits per heavy atom. The molecule has 1 aliphatic carbocycles. The van der Waals surface area contributed by atoms with Crippen LogP contribution in [0.15, 0.2) is 10.9 Å². The van der Waals surface area contributed by atoms with E-state index >= 15 is 0 Å². The fourth-order valence-electron chi connectivity index (χ4n) is 4.02. The van der Waals surface area contributed by atoms with E-state index in [0.29, 0.717) is 38.1 Å². The number of carbonyl (C=O) groups excluding carboxylic acids is 1. The molecule has 26 heavy (non-hydrogen) atoms. The Morgan fingerprint density at radius 1 is 1.27 bits per heavy atom. The average molecular weight is 361 g/mol. The molecule has 0 bridgehead atoms. The van der Waals surface area contributed by atoms with Gasteiger partial charge in [0.25, 0.3) is 0 Å². The topological polar surface area (TPSA) is 93.2 Å². The van der Waals surface area contributed by atoms with Crippen molar-refractivity contribution in [3.8, 4) is 0 Å². The smallest absolute Gasteiger partial charge is 0.348 e. The van der Waals surface area contributed by atoms with E-state index in [-0.39, 0.29) is 11.6 Å². The van der Waals surface area contributed by atoms with Crippen molar-refractivity contribution in [1.29, 1.82) is 0 Å². The van der Waals surface area contributed by atoms with Crippen molar-refractivity contribution in [2.24, 2.45) is 11.7 Å². The van der Waals surface area contributed by atoms with Crippen LogP contribution in [0.5, 0.6) is 0 Å². The molecule has 3 rings (SSSR count). The van der Waals surface area contributed by atoms with Gasteiger partial charge >= 0.3 is 5.69 Å². The first-order valence-electron chi connectivity index (χ1n) is 9.75. The molecule has 1 aromatic rings. The van der Waals surface area contributed by atoms with Crippen molar-refractivity contribution >= 4 is 5.91 Å². The summed E-state index contributed by atoms with van der Waals surface area (Å²) in [6.07, 6.45) is 5.27. The molecule has 7 nitrogen and oxygen atoms in total. The summed E-state index contributed by atoms with van der Waals surface area (Å²) < 4.78 is 1.60. The lowest BCUT2D eigenvalue weighted by Gasteiger charge is -2.29. The number of hydrogen-bond donors (Lipinski definition) is 2. The Morgan fingerprint density at radius 3 is 2.65 bits per heavy atom. The van der Waals surface area contributed by atoms with Crippen LogP contribution >= 0.6 is 0 Å². The molecule has 0 spiro atoms. The van der Waals surface area contributed by atoms with Gasteiger partial charge in [0.15, 0.2) is 0 Å². The van der Waals surface area contributed by atoms with Gasteiger partial charge in [-0.3, -0.25) is 14.3 Å². The second kappa shape index (κ2) is 8.31. The van der Waals surface area contributed by atoms with Gasteiger partial charge in [0.05, 0.1) is 0 Å². The number of hydrogen-bond acceptors (Lipinski definition) is 5. The summed E-state index contributed by atoms with van der Waals surface area (Å²) in [6, 6.07) is 2.60. The van der Waals surface area contributed by atoms with Crippen LogP contribution in [0.2, 0.25) is 0 Å². The third kappa shape index (κ3) is 4.71. The lowest BCUT2D eigenvalue weighted by molar-refractivity contribution is -0.122. The highest BCUT2D eigenvalue weighted by Gasteiger charge is 2.37. The molecule has 1 aromatic heterocycles. The zero-order valence-corrected chi connectivity index (χ0v) is 15.9. The number of aryl methyl sites for hydroxylation is 2. The molecule has 0 unspecified atom stereocenters. The van der Waals surface area contributed by atoms with Crippen molar-refractivity contribution in [1.82, 2.24) is 19.8 Å². The Balaban J connectivity index is 1.48. The summed E-state index contributed by atoms with van der Waals surface area (Å²) in [5.74, 6) is 0.857. The second-order valence-electron chi connectivity index (χ2n) is 7.79. The maximum absolute atomic E-state index is 12.4. The van der Waals surface area contributed by atoms with E-state index < -0.39 is 0 Å². The monoisotopic (exact) mass is 361 g/mol. The van der Waals surface area contributed by atoms with Crippen molar-refractivity contribution in [3.63, 3.8) is 0 Å². The van der Waals surface area contributed by atoms with Gasteiger partial charge < -0.3 is 11.1 Å². The van der Waals surface area contributed by atoms with E-state index in [1.165, 1.54) is 12.8 Å². The standard InChI is InChI=1S/C19H31N5O2/c1-13-9-14(2)23(19(26)22-13)8-7-21-18(25)10-16-5-6-17(11-20)24(16)12-15-3-4-15/h9,15-17H,3-8,10-12,20H2,1-2H3,(H,21,25)/t16-,17+/m0/s1. The molecule has 2 fully saturated rings. The van der Waals surface area contributed by atoms with Crippen LogP contribution in [0.25, 0.3) is 0 Å². The number of aromatic nitrogens is 2. The fraction of sp³-hybridized carbons (Fsp3) is 0.737. The van der Waals surface area contributed by atoms with Gasteiger partial charge in [-0.05, 0) is 51.5 Å². The molecular formula is C19H31N5O2. The van der Waals surface area contributed by atoms with E-state index in [1.54, 1.807) is 4.57 Å². The molecule has 1 amide bonds. The van der Waals surface area contributed by atoms with Gasteiger partial charge in [-0.25, -0.2) is 4.79 Å². The first-order valence-corrected chi connectivity index (χ1v) is 9.75. The predicted molar refractivity (Wildman–Crippen MR) is 101 cm³/mol. The Labute approximate surface area is 155 Å². The maximum atomic E-state index is 12.4. The molecule has 144 valence electrons. The van der Waals surface area contributed by atoms with E-state index in [9.17, 15) is 9.59 Å². The molecule has 0 radical (unpaired) electrons. The Hall–Kier alpha value is -1.73. The summed E-state index contributed by atoms with van der Waals surface area (Å²) in [6.45, 7) is 6.35. The minimum absolute atomic E-state index is 0.0549. The highest BCUT2D eigenvalue weighted by atomic mass is 16.2. The summed E-state index contributed by atoms with van der Waals surface area (Å²) in [5, 5.41) is 2.97. The van der Waals surface area contributed by atoms with Crippen LogP contribution in [0, 0.1) is 19.8 Å². The van der Waals surface area contributed by atoms with Crippen LogP contribution in [0.3, 0.4) is 0 Å².